The van der Waals surface area contributed by atoms with E-state index in [1.807, 2.05) is 25.1 Å². The van der Waals surface area contributed by atoms with E-state index in [9.17, 15) is 8.78 Å². The van der Waals surface area contributed by atoms with Gasteiger partial charge in [-0.3, -0.25) is 4.57 Å². The maximum atomic E-state index is 12.6. The Morgan fingerprint density at radius 2 is 2.22 bits per heavy atom. The summed E-state index contributed by atoms with van der Waals surface area (Å²) in [6, 6.07) is 5.79. The molecule has 0 amide bonds. The lowest BCUT2D eigenvalue weighted by atomic mass is 10.2. The first-order valence-corrected chi connectivity index (χ1v) is 6.17. The van der Waals surface area contributed by atoms with Crippen molar-refractivity contribution in [2.24, 2.45) is 0 Å². The van der Waals surface area contributed by atoms with Gasteiger partial charge in [0.15, 0.2) is 0 Å². The van der Waals surface area contributed by atoms with Crippen LogP contribution in [0.2, 0.25) is 0 Å². The van der Waals surface area contributed by atoms with Crippen LogP contribution < -0.4 is 5.32 Å². The van der Waals surface area contributed by atoms with Crippen molar-refractivity contribution in [1.29, 1.82) is 0 Å². The number of halogens is 3. The van der Waals surface area contributed by atoms with Gasteiger partial charge in [-0.1, -0.05) is 22.0 Å². The Morgan fingerprint density at radius 3 is 2.94 bits per heavy atom. The summed E-state index contributed by atoms with van der Waals surface area (Å²) in [6.07, 6.45) is 2.65. The molecular weight excluding hydrogens is 304 g/mol. The highest BCUT2D eigenvalue weighted by molar-refractivity contribution is 9.10. The van der Waals surface area contributed by atoms with Gasteiger partial charge in [-0.2, -0.15) is 8.78 Å². The summed E-state index contributed by atoms with van der Waals surface area (Å²) in [4.78, 5) is 3.91. The van der Waals surface area contributed by atoms with Crippen molar-refractivity contribution in [2.75, 3.05) is 5.32 Å². The second-order valence-corrected chi connectivity index (χ2v) is 4.76. The van der Waals surface area contributed by atoms with E-state index in [0.717, 1.165) is 20.3 Å². The van der Waals surface area contributed by atoms with Crippen molar-refractivity contribution in [2.45, 2.75) is 20.0 Å². The minimum atomic E-state index is -2.56. The van der Waals surface area contributed by atoms with Crippen molar-refractivity contribution < 1.29 is 8.78 Å². The number of benzene rings is 1. The van der Waals surface area contributed by atoms with E-state index in [0.29, 0.717) is 5.82 Å². The normalized spacial score (nSPS) is 10.9. The molecule has 0 aliphatic heterocycles. The van der Waals surface area contributed by atoms with Gasteiger partial charge in [0.1, 0.15) is 5.82 Å². The smallest absolute Gasteiger partial charge is 0.319 e. The van der Waals surface area contributed by atoms with Crippen LogP contribution in [0.1, 0.15) is 17.9 Å². The summed E-state index contributed by atoms with van der Waals surface area (Å²) < 4.78 is 27.0. The van der Waals surface area contributed by atoms with Crippen LogP contribution in [0.25, 0.3) is 0 Å². The highest BCUT2D eigenvalue weighted by Gasteiger charge is 2.11. The topological polar surface area (TPSA) is 29.9 Å². The molecule has 1 heterocycles. The number of alkyl halides is 2. The molecule has 1 N–H and O–H groups in total. The standard InChI is InChI=1S/C12H12BrF2N3/c1-8-2-3-9(13)6-10(8)17-7-11-16-4-5-18(11)12(14)15/h2-6,12,17H,7H2,1H3. The average Bonchev–Trinajstić information content (AvgIpc) is 2.79. The molecule has 1 aromatic heterocycles. The van der Waals surface area contributed by atoms with Crippen molar-refractivity contribution in [3.05, 3.63) is 46.5 Å². The van der Waals surface area contributed by atoms with Gasteiger partial charge in [0.25, 0.3) is 0 Å². The minimum Gasteiger partial charge on any atom is -0.378 e. The Hall–Kier alpha value is -1.43. The van der Waals surface area contributed by atoms with Gasteiger partial charge in [-0.25, -0.2) is 4.98 Å². The van der Waals surface area contributed by atoms with Gasteiger partial charge in [-0.05, 0) is 24.6 Å². The van der Waals surface area contributed by atoms with E-state index in [4.69, 9.17) is 0 Å². The van der Waals surface area contributed by atoms with Crippen LogP contribution in [0.3, 0.4) is 0 Å². The number of nitrogens with one attached hydrogen (secondary N) is 1. The highest BCUT2D eigenvalue weighted by atomic mass is 79.9. The van der Waals surface area contributed by atoms with Gasteiger partial charge < -0.3 is 5.32 Å². The molecule has 0 spiro atoms. The minimum absolute atomic E-state index is 0.259. The number of rotatable bonds is 4. The van der Waals surface area contributed by atoms with Crippen LogP contribution in [-0.2, 0) is 6.54 Å². The summed E-state index contributed by atoms with van der Waals surface area (Å²) in [5.74, 6) is 0.310. The predicted molar refractivity (Wildman–Crippen MR) is 69.7 cm³/mol. The molecule has 0 fully saturated rings. The second-order valence-electron chi connectivity index (χ2n) is 3.84. The van der Waals surface area contributed by atoms with Crippen LogP contribution in [-0.4, -0.2) is 9.55 Å². The number of aromatic nitrogens is 2. The van der Waals surface area contributed by atoms with Crippen molar-refractivity contribution in [3.8, 4) is 0 Å². The molecule has 0 atom stereocenters. The van der Waals surface area contributed by atoms with Crippen molar-refractivity contribution >= 4 is 21.6 Å². The van der Waals surface area contributed by atoms with Crippen LogP contribution in [0.5, 0.6) is 0 Å². The van der Waals surface area contributed by atoms with Crippen LogP contribution in [0.4, 0.5) is 14.5 Å². The SMILES string of the molecule is Cc1ccc(Br)cc1NCc1nccn1C(F)F. The summed E-state index contributed by atoms with van der Waals surface area (Å²) in [7, 11) is 0. The Morgan fingerprint density at radius 1 is 1.44 bits per heavy atom. The lowest BCUT2D eigenvalue weighted by molar-refractivity contribution is 0.0673. The summed E-state index contributed by atoms with van der Waals surface area (Å²) in [5.41, 5.74) is 1.95. The Kier molecular flexibility index (Phi) is 3.96. The zero-order chi connectivity index (χ0) is 13.1. The van der Waals surface area contributed by atoms with Crippen LogP contribution in [0, 0.1) is 6.92 Å². The van der Waals surface area contributed by atoms with Gasteiger partial charge in [0, 0.05) is 22.6 Å². The second kappa shape index (κ2) is 5.48. The average molecular weight is 316 g/mol. The highest BCUT2D eigenvalue weighted by Crippen LogP contribution is 2.21. The molecule has 0 aliphatic carbocycles. The molecule has 6 heteroatoms. The maximum Gasteiger partial charge on any atom is 0.319 e. The third-order valence-corrected chi connectivity index (χ3v) is 3.09. The predicted octanol–water partition coefficient (Wildman–Crippen LogP) is 3.96. The molecule has 3 nitrogen and oxygen atoms in total. The molecule has 0 saturated heterocycles. The van der Waals surface area contributed by atoms with Crippen LogP contribution in [0.15, 0.2) is 35.1 Å². The monoisotopic (exact) mass is 315 g/mol. The fourth-order valence-electron chi connectivity index (χ4n) is 1.62. The van der Waals surface area contributed by atoms with Gasteiger partial charge in [0.05, 0.1) is 6.54 Å². The quantitative estimate of drug-likeness (QED) is 0.925. The van der Waals surface area contributed by atoms with Crippen molar-refractivity contribution in [3.63, 3.8) is 0 Å². The van der Waals surface area contributed by atoms with E-state index in [1.165, 1.54) is 12.4 Å². The number of imidazole rings is 1. The third kappa shape index (κ3) is 2.87. The Labute approximate surface area is 112 Å². The first kappa shape index (κ1) is 13.0. The molecule has 0 bridgehead atoms. The third-order valence-electron chi connectivity index (χ3n) is 2.60. The van der Waals surface area contributed by atoms with E-state index in [-0.39, 0.29) is 6.54 Å². The Balaban J connectivity index is 2.11. The molecule has 2 rings (SSSR count). The largest absolute Gasteiger partial charge is 0.378 e. The van der Waals surface area contributed by atoms with E-state index in [2.05, 4.69) is 26.2 Å². The molecule has 18 heavy (non-hydrogen) atoms. The number of nitrogens with zero attached hydrogens (tertiary/aromatic N) is 2. The zero-order valence-electron chi connectivity index (χ0n) is 9.70. The molecule has 0 saturated carbocycles. The van der Waals surface area contributed by atoms with Gasteiger partial charge >= 0.3 is 6.55 Å². The first-order valence-electron chi connectivity index (χ1n) is 5.38. The molecule has 0 aliphatic rings. The molecule has 0 radical (unpaired) electrons. The summed E-state index contributed by atoms with van der Waals surface area (Å²) in [6.45, 7) is -0.351. The van der Waals surface area contributed by atoms with Crippen molar-refractivity contribution in [1.82, 2.24) is 9.55 Å². The number of hydrogen-bond acceptors (Lipinski definition) is 2. The van der Waals surface area contributed by atoms with Gasteiger partial charge in [0.2, 0.25) is 0 Å². The molecule has 96 valence electrons. The number of aryl methyl sites for hydroxylation is 1. The Bertz CT molecular complexity index is 540. The van der Waals surface area contributed by atoms with E-state index < -0.39 is 6.55 Å². The van der Waals surface area contributed by atoms with E-state index in [1.54, 1.807) is 0 Å². The fraction of sp³-hybridized carbons (Fsp3) is 0.250. The lowest BCUT2D eigenvalue weighted by Crippen LogP contribution is -2.09. The summed E-state index contributed by atoms with van der Waals surface area (Å²) >= 11 is 3.37. The van der Waals surface area contributed by atoms with Crippen LogP contribution >= 0.6 is 15.9 Å². The van der Waals surface area contributed by atoms with E-state index >= 15 is 0 Å². The zero-order valence-corrected chi connectivity index (χ0v) is 11.3. The maximum absolute atomic E-state index is 12.6. The number of anilines is 1. The fourth-order valence-corrected chi connectivity index (χ4v) is 1.98. The summed E-state index contributed by atoms with van der Waals surface area (Å²) in [5, 5.41) is 3.10. The van der Waals surface area contributed by atoms with Gasteiger partial charge in [-0.15, -0.1) is 0 Å². The number of hydrogen-bond donors (Lipinski definition) is 1. The molecule has 0 unspecified atom stereocenters. The molecule has 1 aromatic carbocycles. The molecule has 2 aromatic rings. The molecular formula is C12H12BrF2N3. The first-order chi connectivity index (χ1) is 8.58. The lowest BCUT2D eigenvalue weighted by Gasteiger charge is -2.11.